The van der Waals surface area contributed by atoms with E-state index in [0.29, 0.717) is 13.2 Å². The van der Waals surface area contributed by atoms with Crippen molar-refractivity contribution >= 4 is 11.5 Å². The SMILES string of the molecule is CC(=O)OC/C(=C/COCc1ccccc1)c1ccccc1. The summed E-state index contributed by atoms with van der Waals surface area (Å²) < 4.78 is 10.8. The van der Waals surface area contributed by atoms with E-state index < -0.39 is 0 Å². The van der Waals surface area contributed by atoms with E-state index in [1.807, 2.05) is 66.7 Å². The third-order valence-electron chi connectivity index (χ3n) is 3.13. The summed E-state index contributed by atoms with van der Waals surface area (Å²) in [6.07, 6.45) is 1.96. The Bertz CT molecular complexity index is 603. The minimum atomic E-state index is -0.285. The summed E-state index contributed by atoms with van der Waals surface area (Å²) in [6.45, 7) is 2.70. The number of carbonyl (C=O) groups is 1. The van der Waals surface area contributed by atoms with Gasteiger partial charge in [0.1, 0.15) is 6.61 Å². The molecule has 0 spiro atoms. The van der Waals surface area contributed by atoms with E-state index in [4.69, 9.17) is 9.47 Å². The highest BCUT2D eigenvalue weighted by molar-refractivity contribution is 5.71. The van der Waals surface area contributed by atoms with E-state index in [1.54, 1.807) is 0 Å². The molecule has 3 nitrogen and oxygen atoms in total. The topological polar surface area (TPSA) is 35.5 Å². The Hall–Kier alpha value is -2.39. The highest BCUT2D eigenvalue weighted by Crippen LogP contribution is 2.14. The number of hydrogen-bond acceptors (Lipinski definition) is 3. The molecule has 22 heavy (non-hydrogen) atoms. The zero-order valence-electron chi connectivity index (χ0n) is 12.7. The van der Waals surface area contributed by atoms with Crippen molar-refractivity contribution in [1.29, 1.82) is 0 Å². The summed E-state index contributed by atoms with van der Waals surface area (Å²) in [7, 11) is 0. The summed E-state index contributed by atoms with van der Waals surface area (Å²) in [6, 6.07) is 19.9. The van der Waals surface area contributed by atoms with Gasteiger partial charge in [0.2, 0.25) is 0 Å². The highest BCUT2D eigenvalue weighted by Gasteiger charge is 2.03. The van der Waals surface area contributed by atoms with Gasteiger partial charge in [-0.2, -0.15) is 0 Å². The van der Waals surface area contributed by atoms with Crippen molar-refractivity contribution in [1.82, 2.24) is 0 Å². The average Bonchev–Trinajstić information content (AvgIpc) is 2.56. The molecule has 0 aliphatic heterocycles. The van der Waals surface area contributed by atoms with Gasteiger partial charge in [0, 0.05) is 6.92 Å². The number of ether oxygens (including phenoxy) is 2. The molecule has 0 fully saturated rings. The maximum Gasteiger partial charge on any atom is 0.302 e. The van der Waals surface area contributed by atoms with Crippen LogP contribution in [0.25, 0.3) is 5.57 Å². The number of rotatable bonds is 7. The van der Waals surface area contributed by atoms with E-state index in [2.05, 4.69) is 0 Å². The second-order valence-corrected chi connectivity index (χ2v) is 4.88. The van der Waals surface area contributed by atoms with Crippen LogP contribution in [0.15, 0.2) is 66.7 Å². The van der Waals surface area contributed by atoms with Crippen molar-refractivity contribution in [2.24, 2.45) is 0 Å². The maximum atomic E-state index is 11.0. The lowest BCUT2D eigenvalue weighted by Gasteiger charge is -2.09. The van der Waals surface area contributed by atoms with Crippen molar-refractivity contribution in [3.8, 4) is 0 Å². The van der Waals surface area contributed by atoms with Crippen LogP contribution in [0.2, 0.25) is 0 Å². The van der Waals surface area contributed by atoms with Gasteiger partial charge in [-0.15, -0.1) is 0 Å². The molecule has 0 aromatic heterocycles. The quantitative estimate of drug-likeness (QED) is 0.575. The van der Waals surface area contributed by atoms with Gasteiger partial charge in [0.05, 0.1) is 13.2 Å². The van der Waals surface area contributed by atoms with Crippen LogP contribution in [-0.2, 0) is 20.9 Å². The van der Waals surface area contributed by atoms with Gasteiger partial charge in [-0.25, -0.2) is 0 Å². The molecule has 0 aliphatic carbocycles. The summed E-state index contributed by atoms with van der Waals surface area (Å²) in [5.74, 6) is -0.285. The third kappa shape index (κ3) is 5.54. The van der Waals surface area contributed by atoms with E-state index in [-0.39, 0.29) is 12.6 Å². The van der Waals surface area contributed by atoms with Crippen molar-refractivity contribution in [3.05, 3.63) is 77.9 Å². The monoisotopic (exact) mass is 296 g/mol. The van der Waals surface area contributed by atoms with E-state index in [1.165, 1.54) is 6.92 Å². The van der Waals surface area contributed by atoms with Gasteiger partial charge in [-0.05, 0) is 16.7 Å². The summed E-state index contributed by atoms with van der Waals surface area (Å²) >= 11 is 0. The normalized spacial score (nSPS) is 11.2. The summed E-state index contributed by atoms with van der Waals surface area (Å²) in [5.41, 5.74) is 3.12. The Labute approximate surface area is 131 Å². The predicted molar refractivity (Wildman–Crippen MR) is 87.2 cm³/mol. The minimum Gasteiger partial charge on any atom is -0.461 e. The molecule has 2 aromatic rings. The molecule has 0 radical (unpaired) electrons. The molecular weight excluding hydrogens is 276 g/mol. The lowest BCUT2D eigenvalue weighted by Crippen LogP contribution is -2.04. The molecule has 0 saturated heterocycles. The minimum absolute atomic E-state index is 0.258. The van der Waals surface area contributed by atoms with Gasteiger partial charge >= 0.3 is 5.97 Å². The number of benzene rings is 2. The van der Waals surface area contributed by atoms with Gasteiger partial charge in [0.25, 0.3) is 0 Å². The fourth-order valence-corrected chi connectivity index (χ4v) is 2.00. The van der Waals surface area contributed by atoms with Crippen LogP contribution in [0, 0.1) is 0 Å². The van der Waals surface area contributed by atoms with Crippen LogP contribution in [0.1, 0.15) is 18.1 Å². The number of esters is 1. The molecule has 0 bridgehead atoms. The summed E-state index contributed by atoms with van der Waals surface area (Å²) in [4.78, 5) is 11.0. The molecular formula is C19H20O3. The van der Waals surface area contributed by atoms with Gasteiger partial charge in [0.15, 0.2) is 0 Å². The molecule has 2 aromatic carbocycles. The molecule has 0 atom stereocenters. The van der Waals surface area contributed by atoms with Crippen LogP contribution in [-0.4, -0.2) is 19.2 Å². The largest absolute Gasteiger partial charge is 0.461 e. The Balaban J connectivity index is 1.94. The molecule has 0 N–H and O–H groups in total. The van der Waals surface area contributed by atoms with Crippen molar-refractivity contribution in [2.45, 2.75) is 13.5 Å². The van der Waals surface area contributed by atoms with Crippen LogP contribution >= 0.6 is 0 Å². The van der Waals surface area contributed by atoms with Crippen LogP contribution in [0.4, 0.5) is 0 Å². The van der Waals surface area contributed by atoms with Crippen molar-refractivity contribution in [3.63, 3.8) is 0 Å². The fourth-order valence-electron chi connectivity index (χ4n) is 2.00. The maximum absolute atomic E-state index is 11.0. The van der Waals surface area contributed by atoms with E-state index in [9.17, 15) is 4.79 Å². The number of carbonyl (C=O) groups excluding carboxylic acids is 1. The second kappa shape index (κ2) is 8.80. The third-order valence-corrected chi connectivity index (χ3v) is 3.13. The smallest absolute Gasteiger partial charge is 0.302 e. The first kappa shape index (κ1) is 16.0. The van der Waals surface area contributed by atoms with Gasteiger partial charge < -0.3 is 9.47 Å². The molecule has 0 amide bonds. The first-order valence-corrected chi connectivity index (χ1v) is 7.25. The first-order chi connectivity index (χ1) is 10.8. The van der Waals surface area contributed by atoms with Crippen molar-refractivity contribution < 1.29 is 14.3 Å². The Morgan fingerprint density at radius 1 is 1.00 bits per heavy atom. The lowest BCUT2D eigenvalue weighted by atomic mass is 10.1. The Morgan fingerprint density at radius 2 is 1.64 bits per heavy atom. The van der Waals surface area contributed by atoms with Crippen LogP contribution in [0.5, 0.6) is 0 Å². The van der Waals surface area contributed by atoms with Gasteiger partial charge in [-0.3, -0.25) is 4.79 Å². The molecule has 0 aliphatic rings. The zero-order chi connectivity index (χ0) is 15.6. The highest BCUT2D eigenvalue weighted by atomic mass is 16.5. The van der Waals surface area contributed by atoms with Crippen LogP contribution in [0.3, 0.4) is 0 Å². The van der Waals surface area contributed by atoms with Crippen molar-refractivity contribution in [2.75, 3.05) is 13.2 Å². The second-order valence-electron chi connectivity index (χ2n) is 4.88. The van der Waals surface area contributed by atoms with Gasteiger partial charge in [-0.1, -0.05) is 66.7 Å². The standard InChI is InChI=1S/C19H20O3/c1-16(20)22-15-19(18-10-6-3-7-11-18)12-13-21-14-17-8-4-2-5-9-17/h2-12H,13-15H2,1H3/b19-12-. The van der Waals surface area contributed by atoms with E-state index in [0.717, 1.165) is 16.7 Å². The molecule has 0 saturated carbocycles. The lowest BCUT2D eigenvalue weighted by molar-refractivity contribution is -0.139. The Morgan fingerprint density at radius 3 is 2.27 bits per heavy atom. The predicted octanol–water partition coefficient (Wildman–Crippen LogP) is 3.85. The Kier molecular flexibility index (Phi) is 6.39. The molecule has 2 rings (SSSR count). The molecule has 114 valence electrons. The first-order valence-electron chi connectivity index (χ1n) is 7.25. The van der Waals surface area contributed by atoms with Crippen LogP contribution < -0.4 is 0 Å². The fraction of sp³-hybridized carbons (Fsp3) is 0.211. The average molecular weight is 296 g/mol. The molecule has 0 unspecified atom stereocenters. The molecule has 3 heteroatoms. The number of hydrogen-bond donors (Lipinski definition) is 0. The zero-order valence-corrected chi connectivity index (χ0v) is 12.7. The molecule has 0 heterocycles. The van der Waals surface area contributed by atoms with E-state index >= 15 is 0 Å². The summed E-state index contributed by atoms with van der Waals surface area (Å²) in [5, 5.41) is 0.